The van der Waals surface area contributed by atoms with Crippen molar-refractivity contribution in [3.63, 3.8) is 0 Å². The van der Waals surface area contributed by atoms with Gasteiger partial charge in [0.05, 0.1) is 6.10 Å². The van der Waals surface area contributed by atoms with Crippen LogP contribution in [0.4, 0.5) is 16.9 Å². The van der Waals surface area contributed by atoms with Gasteiger partial charge in [0.1, 0.15) is 12.4 Å². The molecule has 2 aromatic rings. The average Bonchev–Trinajstić information content (AvgIpc) is 2.78. The topological polar surface area (TPSA) is 29.5 Å². The molecule has 1 N–H and O–H groups in total. The summed E-state index contributed by atoms with van der Waals surface area (Å²) in [6, 6.07) is 19.0. The van der Waals surface area contributed by atoms with Crippen molar-refractivity contribution in [1.29, 1.82) is 0 Å². The molecule has 36 heavy (non-hydrogen) atoms. The summed E-state index contributed by atoms with van der Waals surface area (Å²) >= 11 is -11.4. The molecule has 0 aromatic heterocycles. The summed E-state index contributed by atoms with van der Waals surface area (Å²) in [5.74, 6) is 0.875. The number of aliphatic hydroxyl groups excluding tert-OH is 1. The normalized spacial score (nSPS) is 14.2. The van der Waals surface area contributed by atoms with Crippen molar-refractivity contribution < 1.29 is 47.9 Å². The molecule has 0 saturated heterocycles. The van der Waals surface area contributed by atoms with E-state index < -0.39 is 19.5 Å². The third-order valence-corrected chi connectivity index (χ3v) is 7.72. The molecule has 208 valence electrons. The van der Waals surface area contributed by atoms with E-state index >= 15 is 0 Å². The van der Waals surface area contributed by atoms with Crippen molar-refractivity contribution >= 4 is 19.5 Å². The van der Waals surface area contributed by atoms with Crippen LogP contribution in [0.15, 0.2) is 54.6 Å². The monoisotopic (exact) mass is 744 g/mol. The van der Waals surface area contributed by atoms with Crippen LogP contribution in [0.2, 0.25) is 0 Å². The number of hydrogen-bond acceptors (Lipinski definition) is 2. The zero-order chi connectivity index (χ0) is 27.0. The van der Waals surface area contributed by atoms with Gasteiger partial charge in [-0.25, -0.2) is 0 Å². The Balaban J connectivity index is 0.000000809. The van der Waals surface area contributed by atoms with E-state index in [-0.39, 0.29) is 27.3 Å². The molecule has 0 heterocycles. The fourth-order valence-corrected chi connectivity index (χ4v) is 5.71. The van der Waals surface area contributed by atoms with Crippen molar-refractivity contribution in [2.45, 2.75) is 83.7 Å². The van der Waals surface area contributed by atoms with E-state index in [4.69, 9.17) is 4.74 Å². The first-order valence-electron chi connectivity index (χ1n) is 12.4. The standard InChI is InChI=1S/C26H38IO2.6FH.Sb/c1-2-3-4-5-6-7-8-9-10-14-19-25(28)22-29-26-20-15-18-24(21-26)27-23-16-12-11-13-17-23;;;;;;;/h11-13,15-18,20-21,25,28H,2-10,14,19,22H2,1H3;6*1H;/q+1;;;;;;;+5/p-6. The van der Waals surface area contributed by atoms with E-state index in [1.807, 2.05) is 6.07 Å². The van der Waals surface area contributed by atoms with Gasteiger partial charge in [-0.2, -0.15) is 0 Å². The molecule has 0 aliphatic heterocycles. The van der Waals surface area contributed by atoms with Crippen LogP contribution < -0.4 is 25.9 Å². The first-order valence-corrected chi connectivity index (χ1v) is 20.3. The fraction of sp³-hybridized carbons (Fsp3) is 0.538. The van der Waals surface area contributed by atoms with Crippen LogP contribution in [-0.2, 0) is 0 Å². The summed E-state index contributed by atoms with van der Waals surface area (Å²) in [4.78, 5) is 0. The number of rotatable bonds is 16. The Morgan fingerprint density at radius 3 is 1.78 bits per heavy atom. The van der Waals surface area contributed by atoms with Crippen LogP contribution in [-0.4, -0.2) is 37.3 Å². The van der Waals surface area contributed by atoms with E-state index in [2.05, 4.69) is 55.5 Å². The molecule has 0 amide bonds. The molecular weight excluding hydrogens is 707 g/mol. The van der Waals surface area contributed by atoms with E-state index in [1.165, 1.54) is 64.9 Å². The molecule has 0 fully saturated rings. The predicted molar refractivity (Wildman–Crippen MR) is 131 cm³/mol. The Bertz CT molecular complexity index is 839. The number of hydrogen-bond donors (Lipinski definition) is 1. The number of unbranched alkanes of at least 4 members (excludes halogenated alkanes) is 9. The van der Waals surface area contributed by atoms with Gasteiger partial charge in [-0.1, -0.05) is 95.4 Å². The van der Waals surface area contributed by atoms with Gasteiger partial charge in [-0.05, 0) is 30.7 Å². The first-order chi connectivity index (χ1) is 16.7. The summed E-state index contributed by atoms with van der Waals surface area (Å²) in [6.07, 6.45) is 13.7. The predicted octanol–water partition coefficient (Wildman–Crippen LogP) is 6.01. The van der Waals surface area contributed by atoms with Crippen molar-refractivity contribution in [2.75, 3.05) is 6.61 Å². The van der Waals surface area contributed by atoms with Crippen molar-refractivity contribution in [1.82, 2.24) is 0 Å². The van der Waals surface area contributed by atoms with Crippen LogP contribution in [0.3, 0.4) is 0 Å². The second kappa shape index (κ2) is 15.7. The maximum atomic E-state index is 10.2. The fourth-order valence-electron chi connectivity index (χ4n) is 3.36. The minimum atomic E-state index is -11.2. The molecule has 0 saturated carbocycles. The molecular formula is C26H38F6IO2Sb. The van der Waals surface area contributed by atoms with Gasteiger partial charge in [0.25, 0.3) is 0 Å². The Morgan fingerprint density at radius 1 is 0.722 bits per heavy atom. The van der Waals surface area contributed by atoms with Gasteiger partial charge >= 0.3 is 57.6 Å². The third kappa shape index (κ3) is 23.7. The van der Waals surface area contributed by atoms with Crippen LogP contribution in [0.5, 0.6) is 5.75 Å². The Labute approximate surface area is 224 Å². The number of aliphatic hydroxyl groups is 1. The number of benzene rings is 2. The van der Waals surface area contributed by atoms with Gasteiger partial charge in [0.15, 0.2) is 7.14 Å². The van der Waals surface area contributed by atoms with E-state index in [9.17, 15) is 22.0 Å². The molecule has 0 spiro atoms. The Kier molecular flexibility index (Phi) is 14.5. The molecule has 2 rings (SSSR count). The van der Waals surface area contributed by atoms with Crippen molar-refractivity contribution in [3.8, 4) is 5.75 Å². The summed E-state index contributed by atoms with van der Waals surface area (Å²) < 4.78 is 68.2. The van der Waals surface area contributed by atoms with Crippen LogP contribution in [0, 0.1) is 7.14 Å². The van der Waals surface area contributed by atoms with Crippen LogP contribution >= 0.6 is 0 Å². The number of ether oxygens (including phenoxy) is 1. The zero-order valence-electron chi connectivity index (χ0n) is 20.7. The zero-order valence-corrected chi connectivity index (χ0v) is 25.4. The second-order valence-electron chi connectivity index (χ2n) is 8.74. The van der Waals surface area contributed by atoms with E-state index in [1.54, 1.807) is 0 Å². The summed E-state index contributed by atoms with van der Waals surface area (Å²) in [5, 5.41) is 10.2. The third-order valence-electron chi connectivity index (χ3n) is 5.08. The van der Waals surface area contributed by atoms with E-state index in [0.29, 0.717) is 6.61 Å². The molecule has 0 aliphatic carbocycles. The van der Waals surface area contributed by atoms with Gasteiger partial charge in [0, 0.05) is 6.07 Å². The van der Waals surface area contributed by atoms with E-state index in [0.717, 1.165) is 18.6 Å². The SMILES string of the molecule is CCCCCCCCCCCCC(O)COc1cccc([I+]c2ccccc2)c1.[F][Sb-]([F])([F])([F])([F])[F]. The maximum absolute atomic E-state index is 11.2. The summed E-state index contributed by atoms with van der Waals surface area (Å²) in [6.45, 7) is 2.66. The molecule has 1 atom stereocenters. The molecule has 2 nitrogen and oxygen atoms in total. The molecule has 2 aromatic carbocycles. The van der Waals surface area contributed by atoms with Crippen molar-refractivity contribution in [3.05, 3.63) is 61.7 Å². The molecule has 0 aliphatic rings. The minimum absolute atomic E-state index is 0.180. The van der Waals surface area contributed by atoms with Gasteiger partial charge in [-0.15, -0.1) is 0 Å². The first kappa shape index (κ1) is 33.4. The van der Waals surface area contributed by atoms with Crippen LogP contribution in [0.25, 0.3) is 0 Å². The Hall–Kier alpha value is -0.672. The van der Waals surface area contributed by atoms with Gasteiger partial charge in [0.2, 0.25) is 0 Å². The molecule has 0 bridgehead atoms. The van der Waals surface area contributed by atoms with Gasteiger partial charge < -0.3 is 9.84 Å². The second-order valence-corrected chi connectivity index (χ2v) is 17.2. The average molecular weight is 745 g/mol. The number of halogens is 7. The molecule has 10 heteroatoms. The quantitative estimate of drug-likeness (QED) is 0.0990. The molecule has 1 unspecified atom stereocenters. The van der Waals surface area contributed by atoms with Crippen LogP contribution in [0.1, 0.15) is 77.6 Å². The summed E-state index contributed by atoms with van der Waals surface area (Å²) in [5.41, 5.74) is 0. The Morgan fingerprint density at radius 2 is 1.22 bits per heavy atom. The summed E-state index contributed by atoms with van der Waals surface area (Å²) in [7, 11) is 0. The van der Waals surface area contributed by atoms with Gasteiger partial charge in [-0.3, -0.25) is 0 Å². The van der Waals surface area contributed by atoms with Crippen molar-refractivity contribution in [2.24, 2.45) is 0 Å². The molecule has 0 radical (unpaired) electrons.